The van der Waals surface area contributed by atoms with E-state index in [1.165, 1.54) is 51.4 Å². The Morgan fingerprint density at radius 2 is 1.33 bits per heavy atom. The number of allylic oxidation sites excluding steroid dienone is 1. The molecule has 12 atom stereocenters. The van der Waals surface area contributed by atoms with Gasteiger partial charge in [0.25, 0.3) is 0 Å². The van der Waals surface area contributed by atoms with Crippen molar-refractivity contribution >= 4 is 7.82 Å². The van der Waals surface area contributed by atoms with Crippen LogP contribution in [0.25, 0.3) is 0 Å². The Hall–Kier alpha value is -0.470. The highest BCUT2D eigenvalue weighted by Crippen LogP contribution is 2.67. The molecule has 4 unspecified atom stereocenters. The van der Waals surface area contributed by atoms with Crippen molar-refractivity contribution in [2.45, 2.75) is 136 Å². The van der Waals surface area contributed by atoms with Gasteiger partial charge in [0.2, 0.25) is 0 Å². The van der Waals surface area contributed by atoms with Crippen molar-refractivity contribution in [3.05, 3.63) is 11.6 Å². The molecular weight excluding hydrogens is 691 g/mol. The molecule has 0 aromatic rings. The molecule has 52 heavy (non-hydrogen) atoms. The summed E-state index contributed by atoms with van der Waals surface area (Å²) in [6.45, 7) is 11.2. The van der Waals surface area contributed by atoms with Crippen molar-refractivity contribution in [3.8, 4) is 0 Å². The molecule has 0 amide bonds. The van der Waals surface area contributed by atoms with Gasteiger partial charge < -0.3 is 49.2 Å². The number of phosphoric ester groups is 1. The number of aliphatic hydroxyl groups is 4. The fraction of sp³-hybridized carbons (Fsp3) is 0.949. The Morgan fingerprint density at radius 1 is 0.750 bits per heavy atom. The first-order chi connectivity index (χ1) is 24.5. The molecule has 304 valence electrons. The number of hydrogen-bond acceptors (Lipinski definition) is 10. The maximum Gasteiger partial charge on any atom is 0.469 e. The largest absolute Gasteiger partial charge is 0.469 e. The molecule has 3 saturated carbocycles. The molecule has 0 aromatic carbocycles. The van der Waals surface area contributed by atoms with Crippen LogP contribution in [0.1, 0.15) is 105 Å². The third-order valence-electron chi connectivity index (χ3n) is 13.1. The summed E-state index contributed by atoms with van der Waals surface area (Å²) >= 11 is 0. The zero-order valence-corrected chi connectivity index (χ0v) is 33.3. The Bertz CT molecular complexity index is 1150. The summed E-state index contributed by atoms with van der Waals surface area (Å²) in [6.07, 6.45) is 12.5. The molecule has 13 heteroatoms. The van der Waals surface area contributed by atoms with Crippen molar-refractivity contribution in [3.63, 3.8) is 0 Å². The van der Waals surface area contributed by atoms with E-state index >= 15 is 0 Å². The second kappa shape index (κ2) is 20.1. The number of aliphatic hydroxyl groups excluding tert-OH is 4. The average molecular weight is 763 g/mol. The Balaban J connectivity index is 1.10. The van der Waals surface area contributed by atoms with E-state index in [1.54, 1.807) is 5.57 Å². The normalized spacial score (nSPS) is 33.5. The van der Waals surface area contributed by atoms with Gasteiger partial charge in [0.05, 0.1) is 59.0 Å². The molecule has 3 fully saturated rings. The van der Waals surface area contributed by atoms with Crippen LogP contribution in [-0.4, -0.2) is 114 Å². The van der Waals surface area contributed by atoms with Crippen LogP contribution in [0.5, 0.6) is 0 Å². The second-order valence-corrected chi connectivity index (χ2v) is 18.7. The van der Waals surface area contributed by atoms with Gasteiger partial charge in [-0.05, 0) is 97.7 Å². The lowest BCUT2D eigenvalue weighted by atomic mass is 9.47. The number of fused-ring (bicyclic) bond motifs is 5. The number of ether oxygens (including phenoxy) is 4. The van der Waals surface area contributed by atoms with E-state index in [9.17, 15) is 25.0 Å². The Kier molecular flexibility index (Phi) is 17.1. The van der Waals surface area contributed by atoms with E-state index in [1.807, 2.05) is 0 Å². The number of phosphoric acid groups is 1. The zero-order valence-electron chi connectivity index (χ0n) is 32.4. The maximum absolute atomic E-state index is 10.6. The molecule has 4 rings (SSSR count). The standard InChI is InChI=1S/C39H71O12P/c1-26(2)7-6-8-27(3)35-11-12-36-34-10-9-28-17-33(13-15-38(28,4)37(34)14-16-39(35,36)5)50-24-31(42)22-48-20-29(40)18-47-19-30(41)21-49-23-32(43)25-51-52(44,45)46/h9,26-27,29-37,40-43H,6-8,10-25H2,1-5H3,(H2,44,45,46)/t27-,29?,30?,31?,32?,33+,34+,35-,36+,37+,38+,39-/m1/s1. The summed E-state index contributed by atoms with van der Waals surface area (Å²) in [4.78, 5) is 17.3. The molecule has 0 aromatic heterocycles. The highest BCUT2D eigenvalue weighted by Gasteiger charge is 2.59. The van der Waals surface area contributed by atoms with Crippen molar-refractivity contribution in [1.29, 1.82) is 0 Å². The van der Waals surface area contributed by atoms with Crippen LogP contribution >= 0.6 is 7.82 Å². The van der Waals surface area contributed by atoms with Crippen molar-refractivity contribution in [2.24, 2.45) is 46.3 Å². The molecule has 0 spiro atoms. The van der Waals surface area contributed by atoms with Gasteiger partial charge in [0.15, 0.2) is 0 Å². The Labute approximate surface area is 312 Å². The number of rotatable bonds is 23. The van der Waals surface area contributed by atoms with E-state index in [2.05, 4.69) is 45.2 Å². The quantitative estimate of drug-likeness (QED) is 0.0605. The van der Waals surface area contributed by atoms with E-state index in [4.69, 9.17) is 28.7 Å². The summed E-state index contributed by atoms with van der Waals surface area (Å²) in [5.74, 6) is 4.90. The van der Waals surface area contributed by atoms with Gasteiger partial charge >= 0.3 is 7.82 Å². The Morgan fingerprint density at radius 3 is 1.90 bits per heavy atom. The summed E-state index contributed by atoms with van der Waals surface area (Å²) in [7, 11) is -4.68. The fourth-order valence-corrected chi connectivity index (χ4v) is 10.8. The molecule has 0 heterocycles. The minimum Gasteiger partial charge on any atom is -0.388 e. The topological polar surface area (TPSA) is 185 Å². The van der Waals surface area contributed by atoms with Crippen LogP contribution in [0.2, 0.25) is 0 Å². The van der Waals surface area contributed by atoms with E-state index < -0.39 is 38.8 Å². The van der Waals surface area contributed by atoms with Gasteiger partial charge in [-0.25, -0.2) is 4.57 Å². The molecule has 4 aliphatic rings. The first-order valence-electron chi connectivity index (χ1n) is 20.0. The smallest absolute Gasteiger partial charge is 0.388 e. The van der Waals surface area contributed by atoms with E-state index in [0.717, 1.165) is 54.8 Å². The molecule has 0 aliphatic heterocycles. The lowest BCUT2D eigenvalue weighted by molar-refractivity contribution is -0.0893. The van der Waals surface area contributed by atoms with Crippen molar-refractivity contribution < 1.29 is 58.2 Å². The van der Waals surface area contributed by atoms with Crippen LogP contribution in [0.3, 0.4) is 0 Å². The SMILES string of the molecule is CC(C)CCC[C@@H](C)[C@H]1CC[C@H]2[C@@H]3CC=C4C[C@@H](OCC(O)COCC(O)COCC(O)COCC(O)COP(=O)(O)O)CC[C@]4(C)[C@H]3CC[C@]12C. The predicted molar refractivity (Wildman–Crippen MR) is 197 cm³/mol. The van der Waals surface area contributed by atoms with E-state index in [0.29, 0.717) is 5.41 Å². The minimum atomic E-state index is -4.68. The molecule has 0 radical (unpaired) electrons. The predicted octanol–water partition coefficient (Wildman–Crippen LogP) is 5.02. The third kappa shape index (κ3) is 12.5. The summed E-state index contributed by atoms with van der Waals surface area (Å²) in [5, 5.41) is 40.2. The monoisotopic (exact) mass is 762 g/mol. The summed E-state index contributed by atoms with van der Waals surface area (Å²) < 4.78 is 36.9. The molecule has 12 nitrogen and oxygen atoms in total. The highest BCUT2D eigenvalue weighted by atomic mass is 31.2. The molecule has 6 N–H and O–H groups in total. The first kappa shape index (κ1) is 44.2. The third-order valence-corrected chi connectivity index (χ3v) is 13.6. The lowest BCUT2D eigenvalue weighted by Crippen LogP contribution is -2.51. The maximum atomic E-state index is 10.6. The molecule has 4 aliphatic carbocycles. The van der Waals surface area contributed by atoms with Crippen LogP contribution < -0.4 is 0 Å². The highest BCUT2D eigenvalue weighted by molar-refractivity contribution is 7.46. The lowest BCUT2D eigenvalue weighted by Gasteiger charge is -2.58. The summed E-state index contributed by atoms with van der Waals surface area (Å²) in [5.41, 5.74) is 2.31. The van der Waals surface area contributed by atoms with Crippen LogP contribution in [0.15, 0.2) is 11.6 Å². The van der Waals surface area contributed by atoms with Gasteiger partial charge in [-0.3, -0.25) is 4.52 Å². The molecule has 0 bridgehead atoms. The summed E-state index contributed by atoms with van der Waals surface area (Å²) in [6, 6.07) is 0. The van der Waals surface area contributed by atoms with Gasteiger partial charge in [0, 0.05) is 0 Å². The molecular formula is C39H71O12P. The van der Waals surface area contributed by atoms with Gasteiger partial charge in [-0.1, -0.05) is 65.5 Å². The fourth-order valence-electron chi connectivity index (χ4n) is 10.4. The molecule has 0 saturated heterocycles. The van der Waals surface area contributed by atoms with Crippen molar-refractivity contribution in [2.75, 3.05) is 52.9 Å². The number of hydrogen-bond donors (Lipinski definition) is 6. The van der Waals surface area contributed by atoms with Crippen LogP contribution in [-0.2, 0) is 28.0 Å². The van der Waals surface area contributed by atoms with Crippen LogP contribution in [0, 0.1) is 46.3 Å². The minimum absolute atomic E-state index is 0.0238. The van der Waals surface area contributed by atoms with Gasteiger partial charge in [0.1, 0.15) is 24.4 Å². The first-order valence-corrected chi connectivity index (χ1v) is 21.5. The second-order valence-electron chi connectivity index (χ2n) is 17.5. The van der Waals surface area contributed by atoms with Gasteiger partial charge in [-0.15, -0.1) is 0 Å². The van der Waals surface area contributed by atoms with E-state index in [-0.39, 0.29) is 57.8 Å². The zero-order chi connectivity index (χ0) is 38.1. The van der Waals surface area contributed by atoms with Gasteiger partial charge in [-0.2, -0.15) is 0 Å². The van der Waals surface area contributed by atoms with Crippen molar-refractivity contribution in [1.82, 2.24) is 0 Å². The average Bonchev–Trinajstić information content (AvgIpc) is 3.43. The van der Waals surface area contributed by atoms with Crippen LogP contribution in [0.4, 0.5) is 0 Å².